The number of halogens is 3. The van der Waals surface area contributed by atoms with Gasteiger partial charge in [-0.3, -0.25) is 14.7 Å². The Labute approximate surface area is 215 Å². The normalized spacial score (nSPS) is 14.5. The molecule has 38 heavy (non-hydrogen) atoms. The van der Waals surface area contributed by atoms with Gasteiger partial charge in [-0.25, -0.2) is 14.5 Å². The summed E-state index contributed by atoms with van der Waals surface area (Å²) in [7, 11) is 0. The second-order valence-electron chi connectivity index (χ2n) is 8.64. The van der Waals surface area contributed by atoms with Crippen molar-refractivity contribution in [3.05, 3.63) is 66.2 Å². The highest BCUT2D eigenvalue weighted by molar-refractivity contribution is 6.00. The Kier molecular flexibility index (Phi) is 7.47. The van der Waals surface area contributed by atoms with Crippen molar-refractivity contribution < 1.29 is 22.7 Å². The molecule has 0 aliphatic carbocycles. The number of fused-ring (bicyclic) bond motifs is 1. The molecule has 4 aromatic rings. The van der Waals surface area contributed by atoms with Crippen LogP contribution in [0.25, 0.3) is 17.0 Å². The summed E-state index contributed by atoms with van der Waals surface area (Å²) >= 11 is 0. The summed E-state index contributed by atoms with van der Waals surface area (Å²) in [6.07, 6.45) is 0.817. The predicted octanol–water partition coefficient (Wildman–Crippen LogP) is 3.40. The summed E-state index contributed by atoms with van der Waals surface area (Å²) < 4.78 is 46.5. The molecule has 2 N–H and O–H groups in total. The molecular weight excluding hydrogens is 501 g/mol. The quantitative estimate of drug-likeness (QED) is 0.336. The van der Waals surface area contributed by atoms with Gasteiger partial charge in [0.25, 0.3) is 5.91 Å². The first-order chi connectivity index (χ1) is 18.4. The zero-order valence-electron chi connectivity index (χ0n) is 20.3. The van der Waals surface area contributed by atoms with Crippen LogP contribution in [0.1, 0.15) is 22.5 Å². The molecule has 0 unspecified atom stereocenters. The van der Waals surface area contributed by atoms with E-state index in [1.54, 1.807) is 24.4 Å². The third kappa shape index (κ3) is 5.89. The Morgan fingerprint density at radius 1 is 1.08 bits per heavy atom. The number of carbonyl (C=O) groups is 1. The number of pyridine rings is 2. The Morgan fingerprint density at radius 2 is 1.92 bits per heavy atom. The van der Waals surface area contributed by atoms with Gasteiger partial charge in [-0.2, -0.15) is 13.2 Å². The fourth-order valence-corrected chi connectivity index (χ4v) is 4.09. The van der Waals surface area contributed by atoms with Crippen LogP contribution in [-0.2, 0) is 10.9 Å². The van der Waals surface area contributed by atoms with E-state index in [1.165, 1.54) is 29.0 Å². The number of hydrogen-bond acceptors (Lipinski definition) is 8. The highest BCUT2D eigenvalue weighted by Gasteiger charge is 2.32. The van der Waals surface area contributed by atoms with Gasteiger partial charge in [0.1, 0.15) is 16.9 Å². The summed E-state index contributed by atoms with van der Waals surface area (Å²) in [6, 6.07) is 8.66. The van der Waals surface area contributed by atoms with E-state index in [9.17, 15) is 18.0 Å². The zero-order valence-corrected chi connectivity index (χ0v) is 20.3. The topological polar surface area (TPSA) is 110 Å². The molecule has 1 fully saturated rings. The average Bonchev–Trinajstić information content (AvgIpc) is 3.41. The SMILES string of the molecule is O=C(NCCCN1CCOCC1)c1cnccc1Nc1nc(-c2cccc(C(F)(F)F)n2)nn2cccc12. The van der Waals surface area contributed by atoms with Gasteiger partial charge in [-0.05, 0) is 43.3 Å². The lowest BCUT2D eigenvalue weighted by Crippen LogP contribution is -2.38. The molecule has 5 heterocycles. The maximum Gasteiger partial charge on any atom is 0.433 e. The smallest absolute Gasteiger partial charge is 0.379 e. The number of alkyl halides is 3. The minimum absolute atomic E-state index is 0.00882. The summed E-state index contributed by atoms with van der Waals surface area (Å²) in [6.45, 7) is 4.57. The first kappa shape index (κ1) is 25.5. The molecule has 4 aromatic heterocycles. The number of nitrogens with one attached hydrogen (secondary N) is 2. The molecule has 10 nitrogen and oxygen atoms in total. The average molecular weight is 527 g/mol. The minimum Gasteiger partial charge on any atom is -0.379 e. The second-order valence-corrected chi connectivity index (χ2v) is 8.64. The van der Waals surface area contributed by atoms with Crippen LogP contribution in [-0.4, -0.2) is 74.8 Å². The maximum absolute atomic E-state index is 13.2. The summed E-state index contributed by atoms with van der Waals surface area (Å²) in [5.74, 6) is -0.0138. The molecule has 5 rings (SSSR count). The molecule has 1 amide bonds. The van der Waals surface area contributed by atoms with E-state index in [0.717, 1.165) is 45.3 Å². The molecule has 13 heteroatoms. The highest BCUT2D eigenvalue weighted by Crippen LogP contribution is 2.30. The standard InChI is InChI=1S/C25H25F3N8O2/c26-25(27,28)21-6-1-4-19(31-21)22-33-23(20-5-2-11-36(20)34-22)32-18-7-9-29-16-17(18)24(37)30-8-3-10-35-12-14-38-15-13-35/h1-2,4-7,9,11,16H,3,8,10,12-15H2,(H,30,37)(H,29,32,33,34). The number of aromatic nitrogens is 5. The number of carbonyl (C=O) groups excluding carboxylic acids is 1. The Hall–Kier alpha value is -4.10. The van der Waals surface area contributed by atoms with Crippen molar-refractivity contribution in [2.75, 3.05) is 44.7 Å². The molecule has 0 radical (unpaired) electrons. The van der Waals surface area contributed by atoms with Crippen LogP contribution in [0.15, 0.2) is 55.0 Å². The van der Waals surface area contributed by atoms with Gasteiger partial charge >= 0.3 is 6.18 Å². The van der Waals surface area contributed by atoms with Crippen LogP contribution in [0.4, 0.5) is 24.7 Å². The number of nitrogens with zero attached hydrogens (tertiary/aromatic N) is 6. The van der Waals surface area contributed by atoms with Crippen LogP contribution < -0.4 is 10.6 Å². The van der Waals surface area contributed by atoms with Crippen molar-refractivity contribution in [3.63, 3.8) is 0 Å². The fourth-order valence-electron chi connectivity index (χ4n) is 4.09. The molecule has 0 spiro atoms. The van der Waals surface area contributed by atoms with Gasteiger partial charge in [0.15, 0.2) is 5.82 Å². The lowest BCUT2D eigenvalue weighted by Gasteiger charge is -2.26. The monoisotopic (exact) mass is 526 g/mol. The first-order valence-electron chi connectivity index (χ1n) is 12.1. The van der Waals surface area contributed by atoms with Gasteiger partial charge in [0, 0.05) is 38.2 Å². The number of rotatable bonds is 8. The summed E-state index contributed by atoms with van der Waals surface area (Å²) in [4.78, 5) is 27.5. The van der Waals surface area contributed by atoms with Gasteiger partial charge < -0.3 is 15.4 Å². The second kappa shape index (κ2) is 11.1. The number of hydrogen-bond donors (Lipinski definition) is 2. The lowest BCUT2D eigenvalue weighted by molar-refractivity contribution is -0.141. The Morgan fingerprint density at radius 3 is 2.74 bits per heavy atom. The third-order valence-electron chi connectivity index (χ3n) is 6.02. The largest absolute Gasteiger partial charge is 0.433 e. The lowest BCUT2D eigenvalue weighted by atomic mass is 10.2. The van der Waals surface area contributed by atoms with E-state index in [1.807, 2.05) is 0 Å². The first-order valence-corrected chi connectivity index (χ1v) is 12.1. The van der Waals surface area contributed by atoms with Gasteiger partial charge in [0.2, 0.25) is 5.82 Å². The van der Waals surface area contributed by atoms with E-state index in [2.05, 4.69) is 35.6 Å². The van der Waals surface area contributed by atoms with E-state index >= 15 is 0 Å². The molecule has 1 aliphatic rings. The van der Waals surface area contributed by atoms with Crippen LogP contribution in [0.3, 0.4) is 0 Å². The number of anilines is 2. The zero-order chi connectivity index (χ0) is 26.5. The van der Waals surface area contributed by atoms with Crippen LogP contribution in [0, 0.1) is 0 Å². The van der Waals surface area contributed by atoms with Crippen LogP contribution in [0.2, 0.25) is 0 Å². The molecule has 0 aromatic carbocycles. The van der Waals surface area contributed by atoms with Crippen molar-refractivity contribution in [2.24, 2.45) is 0 Å². The van der Waals surface area contributed by atoms with Crippen LogP contribution >= 0.6 is 0 Å². The van der Waals surface area contributed by atoms with Crippen molar-refractivity contribution in [2.45, 2.75) is 12.6 Å². The predicted molar refractivity (Wildman–Crippen MR) is 133 cm³/mol. The van der Waals surface area contributed by atoms with Gasteiger partial charge in [0.05, 0.1) is 24.5 Å². The van der Waals surface area contributed by atoms with Crippen molar-refractivity contribution >= 4 is 22.9 Å². The van der Waals surface area contributed by atoms with E-state index in [4.69, 9.17) is 4.74 Å². The minimum atomic E-state index is -4.60. The van der Waals surface area contributed by atoms with Crippen molar-refractivity contribution in [3.8, 4) is 11.5 Å². The molecular formula is C25H25F3N8O2. The van der Waals surface area contributed by atoms with E-state index < -0.39 is 11.9 Å². The van der Waals surface area contributed by atoms with Crippen molar-refractivity contribution in [1.82, 2.24) is 34.8 Å². The molecule has 198 valence electrons. The third-order valence-corrected chi connectivity index (χ3v) is 6.02. The Balaban J connectivity index is 1.35. The molecule has 1 saturated heterocycles. The number of morpholine rings is 1. The fraction of sp³-hybridized carbons (Fsp3) is 0.320. The van der Waals surface area contributed by atoms with Crippen molar-refractivity contribution in [1.29, 1.82) is 0 Å². The molecule has 0 bridgehead atoms. The molecule has 1 aliphatic heterocycles. The molecule has 0 atom stereocenters. The Bertz CT molecular complexity index is 1420. The van der Waals surface area contributed by atoms with Gasteiger partial charge in [-0.15, -0.1) is 5.10 Å². The van der Waals surface area contributed by atoms with Gasteiger partial charge in [-0.1, -0.05) is 6.07 Å². The maximum atomic E-state index is 13.2. The summed E-state index contributed by atoms with van der Waals surface area (Å²) in [5, 5.41) is 10.4. The molecule has 0 saturated carbocycles. The number of ether oxygens (including phenoxy) is 1. The van der Waals surface area contributed by atoms with Crippen LogP contribution in [0.5, 0.6) is 0 Å². The summed E-state index contributed by atoms with van der Waals surface area (Å²) in [5.41, 5.74) is 0.236. The van der Waals surface area contributed by atoms with E-state index in [0.29, 0.717) is 29.1 Å². The van der Waals surface area contributed by atoms with E-state index in [-0.39, 0.29) is 17.4 Å². The highest BCUT2D eigenvalue weighted by atomic mass is 19.4. The number of amides is 1.